The molecule has 6 aromatic rings. The maximum atomic E-state index is 13.2. The Kier molecular flexibility index (Phi) is 14.0. The molecule has 2 aliphatic carbocycles. The van der Waals surface area contributed by atoms with Crippen molar-refractivity contribution in [2.45, 2.75) is 9.79 Å². The largest absolute Gasteiger partial charge is 0.322 e. The number of Topliss-reactive ketones (excluding diaryl/α,β-unsaturated/α-hetero) is 2. The summed E-state index contributed by atoms with van der Waals surface area (Å²) in [5.74, 6) is -2.97. The topological polar surface area (TPSA) is 384 Å². The van der Waals surface area contributed by atoms with Crippen LogP contribution in [0.3, 0.4) is 0 Å². The number of nitrogens with one attached hydrogen (secondary N) is 4. The number of ketones is 2. The van der Waals surface area contributed by atoms with Crippen LogP contribution < -0.4 is 21.5 Å². The molecular formula is C46H32N8O16S4. The van der Waals surface area contributed by atoms with Crippen LogP contribution in [0.4, 0.5) is 22.7 Å². The number of rotatable bonds is 14. The van der Waals surface area contributed by atoms with Gasteiger partial charge in [0.2, 0.25) is 11.6 Å². The molecule has 74 heavy (non-hydrogen) atoms. The Hall–Kier alpha value is -8.74. The van der Waals surface area contributed by atoms with Gasteiger partial charge >= 0.3 is 0 Å². The second kappa shape index (κ2) is 20.0. The molecule has 4 aromatic carbocycles. The third-order valence-electron chi connectivity index (χ3n) is 10.6. The van der Waals surface area contributed by atoms with Gasteiger partial charge in [0.15, 0.2) is 0 Å². The normalized spacial score (nSPS) is 15.0. The molecule has 0 fully saturated rings. The molecule has 0 bridgehead atoms. The monoisotopic (exact) mass is 1080 g/mol. The lowest BCUT2D eigenvalue weighted by Gasteiger charge is -2.15. The molecule has 0 unspecified atom stereocenters. The maximum absolute atomic E-state index is 13.2. The third-order valence-corrected chi connectivity index (χ3v) is 14.2. The van der Waals surface area contributed by atoms with Crippen molar-refractivity contribution in [3.05, 3.63) is 179 Å². The zero-order valence-electron chi connectivity index (χ0n) is 37.0. The number of allylic oxidation sites excluding steroid dienone is 2. The Labute approximate surface area is 419 Å². The van der Waals surface area contributed by atoms with E-state index < -0.39 is 94.9 Å². The number of hydrogen-bond acceptors (Lipinski definition) is 18. The van der Waals surface area contributed by atoms with Crippen LogP contribution in [-0.2, 0) is 40.5 Å². The summed E-state index contributed by atoms with van der Waals surface area (Å²) in [4.78, 5) is 57.4. The molecule has 2 heterocycles. The minimum Gasteiger partial charge on any atom is -0.322 e. The average Bonchev–Trinajstić information content (AvgIpc) is 3.35. The minimum atomic E-state index is -5.00. The summed E-state index contributed by atoms with van der Waals surface area (Å²) in [6, 6.07) is 22.9. The molecular weight excluding hydrogens is 1050 g/mol. The van der Waals surface area contributed by atoms with E-state index in [1.54, 1.807) is 0 Å². The highest BCUT2D eigenvalue weighted by Gasteiger charge is 2.33. The molecule has 0 atom stereocenters. The van der Waals surface area contributed by atoms with Crippen LogP contribution in [0, 0.1) is 0 Å². The van der Waals surface area contributed by atoms with Crippen molar-refractivity contribution in [1.82, 2.24) is 9.97 Å². The van der Waals surface area contributed by atoms with Crippen molar-refractivity contribution in [2.24, 2.45) is 10.2 Å². The number of carbonyl (C=O) groups is 4. The van der Waals surface area contributed by atoms with E-state index in [2.05, 4.69) is 41.7 Å². The first-order valence-corrected chi connectivity index (χ1v) is 26.4. The second-order valence-corrected chi connectivity index (χ2v) is 21.1. The summed E-state index contributed by atoms with van der Waals surface area (Å²) in [7, 11) is -19.6. The first-order valence-electron chi connectivity index (χ1n) is 20.6. The molecule has 8 rings (SSSR count). The molecule has 2 amide bonds. The van der Waals surface area contributed by atoms with Gasteiger partial charge in [0, 0.05) is 46.0 Å². The zero-order valence-corrected chi connectivity index (χ0v) is 40.2. The fourth-order valence-electron chi connectivity index (χ4n) is 7.11. The van der Waals surface area contributed by atoms with Crippen LogP contribution in [0.5, 0.6) is 0 Å². The van der Waals surface area contributed by atoms with Gasteiger partial charge in [-0.05, 0) is 120 Å². The van der Waals surface area contributed by atoms with Gasteiger partial charge in [0.05, 0.1) is 11.4 Å². The van der Waals surface area contributed by atoms with Gasteiger partial charge in [-0.25, -0.2) is 0 Å². The molecule has 0 radical (unpaired) electrons. The van der Waals surface area contributed by atoms with E-state index in [-0.39, 0.29) is 67.5 Å². The number of amides is 2. The van der Waals surface area contributed by atoms with Crippen LogP contribution in [0.25, 0.3) is 22.0 Å². The van der Waals surface area contributed by atoms with Gasteiger partial charge in [-0.15, -0.1) is 0 Å². The van der Waals surface area contributed by atoms with E-state index >= 15 is 0 Å². The average molecular weight is 1080 g/mol. The fraction of sp³-hybridized carbons (Fsp3) is 0. The lowest BCUT2D eigenvalue weighted by molar-refractivity contribution is 0.101. The van der Waals surface area contributed by atoms with Gasteiger partial charge < -0.3 is 10.6 Å². The number of aromatic nitrogens is 2. The van der Waals surface area contributed by atoms with Gasteiger partial charge in [0.25, 0.3) is 52.3 Å². The highest BCUT2D eigenvalue weighted by Crippen LogP contribution is 2.31. The Morgan fingerprint density at radius 1 is 0.473 bits per heavy atom. The predicted octanol–water partition coefficient (Wildman–Crippen LogP) is 5.43. The Bertz CT molecular complexity index is 3770. The molecule has 0 aliphatic heterocycles. The third kappa shape index (κ3) is 11.5. The number of nitrogens with zero attached hydrogens (tertiary/aromatic N) is 4. The lowest BCUT2D eigenvalue weighted by Crippen LogP contribution is -2.23. The quantitative estimate of drug-likeness (QED) is 0.0383. The van der Waals surface area contributed by atoms with Gasteiger partial charge in [0.1, 0.15) is 42.4 Å². The van der Waals surface area contributed by atoms with Crippen molar-refractivity contribution in [2.75, 3.05) is 21.5 Å². The summed E-state index contributed by atoms with van der Waals surface area (Å²) in [6.45, 7) is 0. The smallest absolute Gasteiger partial charge is 0.295 e. The number of hydrazone groups is 2. The Morgan fingerprint density at radius 2 is 0.824 bits per heavy atom. The zero-order chi connectivity index (χ0) is 53.3. The van der Waals surface area contributed by atoms with Crippen molar-refractivity contribution in [3.63, 3.8) is 0 Å². The van der Waals surface area contributed by atoms with Crippen LogP contribution in [0.2, 0.25) is 0 Å². The molecule has 0 spiro atoms. The van der Waals surface area contributed by atoms with Gasteiger partial charge in [-0.3, -0.25) is 58.2 Å². The molecule has 2 aliphatic rings. The van der Waals surface area contributed by atoms with E-state index in [0.717, 1.165) is 36.4 Å². The van der Waals surface area contributed by atoms with E-state index in [9.17, 15) is 71.1 Å². The van der Waals surface area contributed by atoms with Crippen LogP contribution in [0.1, 0.15) is 63.9 Å². The van der Waals surface area contributed by atoms with E-state index in [1.165, 1.54) is 109 Å². The standard InChI is InChI=1S/C46H32N8O16S4/c55-43-35(23-39(73(65,66)67)33-3-1-19-47-41(33)43)53-51-29-13-9-27(10-14-29)45(57)49-31-17-7-25(37(21-31)71(59,60)61)5-6-26-8-18-32(22-38(26)72(62,63)64)50-46(58)28-11-15-30(16-12-28)52-54-36-24-40(74(68,69)70)34-4-2-20-48-42(34)44(36)56/h1-24,51-52H,(H,49,57)(H,50,58)(H,59,60,61)(H,62,63,64)(H,65,66,67)(H,68,69,70). The number of hydrogen-bond donors (Lipinski definition) is 8. The van der Waals surface area contributed by atoms with Crippen molar-refractivity contribution in [1.29, 1.82) is 0 Å². The number of anilines is 4. The molecule has 8 N–H and O–H groups in total. The fourth-order valence-corrected chi connectivity index (χ4v) is 9.94. The summed E-state index contributed by atoms with van der Waals surface area (Å²) < 4.78 is 138. The van der Waals surface area contributed by atoms with E-state index in [4.69, 9.17) is 0 Å². The molecule has 2 aromatic heterocycles. The van der Waals surface area contributed by atoms with Crippen LogP contribution >= 0.6 is 0 Å². The van der Waals surface area contributed by atoms with E-state index in [0.29, 0.717) is 0 Å². The Balaban J connectivity index is 0.931. The number of pyridine rings is 2. The lowest BCUT2D eigenvalue weighted by atomic mass is 10.00. The molecule has 28 heteroatoms. The van der Waals surface area contributed by atoms with Gasteiger partial charge in [-0.2, -0.15) is 43.9 Å². The molecule has 0 saturated heterocycles. The van der Waals surface area contributed by atoms with E-state index in [1.807, 2.05) is 0 Å². The van der Waals surface area contributed by atoms with Gasteiger partial charge in [-0.1, -0.05) is 24.3 Å². The SMILES string of the molecule is O=C(Nc1ccc(C=Cc2ccc(NC(=O)c3ccc(NN=C4C=C(S(=O)(=O)O)c5cccnc5C4=O)cc3)cc2S(=O)(=O)O)c(S(=O)(=O)O)c1)c1ccc(NN=C2C=C(S(=O)(=O)O)c3cccnc3C2=O)cc1. The van der Waals surface area contributed by atoms with Crippen LogP contribution in [-0.4, -0.2) is 96.7 Å². The summed E-state index contributed by atoms with van der Waals surface area (Å²) in [5, 5.41) is 12.8. The predicted molar refractivity (Wildman–Crippen MR) is 269 cm³/mol. The minimum absolute atomic E-state index is 0.0374. The second-order valence-electron chi connectivity index (χ2n) is 15.5. The van der Waals surface area contributed by atoms with Crippen LogP contribution in [0.15, 0.2) is 154 Å². The molecule has 24 nitrogen and oxygen atoms in total. The first-order chi connectivity index (χ1) is 34.8. The number of benzene rings is 4. The van der Waals surface area contributed by atoms with Crippen molar-refractivity contribution >= 4 is 120 Å². The summed E-state index contributed by atoms with van der Waals surface area (Å²) >= 11 is 0. The highest BCUT2D eigenvalue weighted by atomic mass is 32.2. The number of fused-ring (bicyclic) bond motifs is 2. The number of carbonyl (C=O) groups excluding carboxylic acids is 4. The maximum Gasteiger partial charge on any atom is 0.295 e. The highest BCUT2D eigenvalue weighted by molar-refractivity contribution is 7.95. The summed E-state index contributed by atoms with van der Waals surface area (Å²) in [6.07, 6.45) is 6.47. The molecule has 376 valence electrons. The Morgan fingerprint density at radius 3 is 1.16 bits per heavy atom. The first kappa shape index (κ1) is 51.6. The summed E-state index contributed by atoms with van der Waals surface area (Å²) in [5.41, 5.74) is 3.55. The molecule has 0 saturated carbocycles. The van der Waals surface area contributed by atoms with Crippen molar-refractivity contribution < 1.29 is 71.1 Å². The van der Waals surface area contributed by atoms with Crippen molar-refractivity contribution in [3.8, 4) is 0 Å².